The first-order valence-electron chi connectivity index (χ1n) is 6.60. The van der Waals surface area contributed by atoms with Crippen molar-refractivity contribution in [1.29, 1.82) is 0 Å². The van der Waals surface area contributed by atoms with Gasteiger partial charge in [0.05, 0.1) is 0 Å². The summed E-state index contributed by atoms with van der Waals surface area (Å²) in [5.41, 5.74) is -1.59. The van der Waals surface area contributed by atoms with Crippen molar-refractivity contribution >= 4 is 11.2 Å². The predicted molar refractivity (Wildman–Crippen MR) is 73.7 cm³/mol. The van der Waals surface area contributed by atoms with Crippen LogP contribution in [0.5, 0.6) is 0 Å². The van der Waals surface area contributed by atoms with Crippen molar-refractivity contribution in [1.82, 2.24) is 5.16 Å². The van der Waals surface area contributed by atoms with Crippen molar-refractivity contribution in [2.24, 2.45) is 0 Å². The molecule has 1 unspecified atom stereocenters. The van der Waals surface area contributed by atoms with Gasteiger partial charge in [0.25, 0.3) is 0 Å². The van der Waals surface area contributed by atoms with Crippen LogP contribution in [0, 0.1) is 19.7 Å². The summed E-state index contributed by atoms with van der Waals surface area (Å²) in [6.07, 6.45) is -9.59. The molecule has 11 heteroatoms. The maximum atomic E-state index is 14.1. The molecule has 0 aliphatic rings. The van der Waals surface area contributed by atoms with Gasteiger partial charge in [-0.3, -0.25) is 0 Å². The molecule has 1 heterocycles. The van der Waals surface area contributed by atoms with Gasteiger partial charge in [0.2, 0.25) is 11.5 Å². The first-order chi connectivity index (χ1) is 11.3. The van der Waals surface area contributed by atoms with E-state index in [1.807, 2.05) is 0 Å². The number of aryl methyl sites for hydroxylation is 1. The van der Waals surface area contributed by atoms with Crippen molar-refractivity contribution in [3.05, 3.63) is 34.8 Å². The largest absolute Gasteiger partial charge is 0.611 e. The fraction of sp³-hybridized carbons (Fsp3) is 0.357. The summed E-state index contributed by atoms with van der Waals surface area (Å²) in [5.74, 6) is -4.12. The number of benzene rings is 1. The van der Waals surface area contributed by atoms with Gasteiger partial charge in [0.1, 0.15) is 11.5 Å². The SMILES string of the molecule is Cc1cc(F)c(-c2noc(C(F)(F)F)c2C)cc1[S+]([O-])CC(F)(F)F. The quantitative estimate of drug-likeness (QED) is 0.561. The zero-order valence-electron chi connectivity index (χ0n) is 12.7. The van der Waals surface area contributed by atoms with Crippen LogP contribution in [0.15, 0.2) is 21.6 Å². The highest BCUT2D eigenvalue weighted by Gasteiger charge is 2.40. The van der Waals surface area contributed by atoms with Gasteiger partial charge in [-0.15, -0.1) is 0 Å². The van der Waals surface area contributed by atoms with Gasteiger partial charge in [-0.05, 0) is 31.1 Å². The van der Waals surface area contributed by atoms with E-state index in [1.165, 1.54) is 6.92 Å². The van der Waals surface area contributed by atoms with Gasteiger partial charge in [-0.1, -0.05) is 5.16 Å². The third-order valence-corrected chi connectivity index (χ3v) is 4.76. The Hall–Kier alpha value is -1.75. The highest BCUT2D eigenvalue weighted by Crippen LogP contribution is 2.38. The smallest absolute Gasteiger partial charge is 0.452 e. The minimum atomic E-state index is -4.86. The average molecular weight is 389 g/mol. The van der Waals surface area contributed by atoms with Crippen LogP contribution in [0.25, 0.3) is 11.3 Å². The minimum Gasteiger partial charge on any atom is -0.611 e. The molecule has 0 radical (unpaired) electrons. The fourth-order valence-corrected chi connectivity index (χ4v) is 3.28. The maximum Gasteiger partial charge on any atom is 0.452 e. The van der Waals surface area contributed by atoms with Gasteiger partial charge in [0, 0.05) is 22.8 Å². The van der Waals surface area contributed by atoms with Crippen LogP contribution in [0.3, 0.4) is 0 Å². The lowest BCUT2D eigenvalue weighted by atomic mass is 10.0. The number of rotatable bonds is 3. The van der Waals surface area contributed by atoms with Crippen LogP contribution in [-0.2, 0) is 17.4 Å². The van der Waals surface area contributed by atoms with Crippen molar-refractivity contribution in [2.45, 2.75) is 31.1 Å². The molecule has 0 saturated heterocycles. The van der Waals surface area contributed by atoms with E-state index < -0.39 is 57.7 Å². The standard InChI is InChI=1S/C14H10F7NO2S/c1-6-3-9(15)8(4-10(6)25(23)5-13(16,17)18)11-7(2)12(24-22-11)14(19,20)21/h3-4H,5H2,1-2H3. The molecule has 25 heavy (non-hydrogen) atoms. The molecular formula is C14H10F7NO2S. The molecule has 138 valence electrons. The molecule has 0 amide bonds. The first-order valence-corrected chi connectivity index (χ1v) is 7.92. The van der Waals surface area contributed by atoms with Crippen molar-refractivity contribution in [2.75, 3.05) is 5.75 Å². The van der Waals surface area contributed by atoms with E-state index in [9.17, 15) is 35.3 Å². The number of nitrogens with zero attached hydrogens (tertiary/aromatic N) is 1. The molecule has 0 N–H and O–H groups in total. The lowest BCUT2D eigenvalue weighted by molar-refractivity contribution is -0.156. The van der Waals surface area contributed by atoms with E-state index >= 15 is 0 Å². The van der Waals surface area contributed by atoms with E-state index in [0.29, 0.717) is 0 Å². The summed E-state index contributed by atoms with van der Waals surface area (Å²) in [6, 6.07) is 1.60. The molecule has 0 aliphatic heterocycles. The molecule has 3 nitrogen and oxygen atoms in total. The maximum absolute atomic E-state index is 14.1. The second-order valence-electron chi connectivity index (χ2n) is 5.19. The molecule has 2 rings (SSSR count). The normalized spacial score (nSPS) is 14.0. The van der Waals surface area contributed by atoms with Gasteiger partial charge >= 0.3 is 12.4 Å². The van der Waals surface area contributed by atoms with Gasteiger partial charge < -0.3 is 9.08 Å². The van der Waals surface area contributed by atoms with Crippen LogP contribution < -0.4 is 0 Å². The van der Waals surface area contributed by atoms with Crippen LogP contribution >= 0.6 is 0 Å². The number of hydrogen-bond donors (Lipinski definition) is 0. The van der Waals surface area contributed by atoms with E-state index in [2.05, 4.69) is 9.68 Å². The number of hydrogen-bond acceptors (Lipinski definition) is 3. The third-order valence-electron chi connectivity index (χ3n) is 3.24. The molecule has 2 aromatic rings. The number of halogens is 7. The summed E-state index contributed by atoms with van der Waals surface area (Å²) in [6.45, 7) is 2.23. The Morgan fingerprint density at radius 3 is 2.20 bits per heavy atom. The van der Waals surface area contributed by atoms with E-state index in [-0.39, 0.29) is 10.5 Å². The zero-order valence-corrected chi connectivity index (χ0v) is 13.5. The zero-order chi connectivity index (χ0) is 19.2. The summed E-state index contributed by atoms with van der Waals surface area (Å²) in [4.78, 5) is -0.343. The Morgan fingerprint density at radius 2 is 1.72 bits per heavy atom. The van der Waals surface area contributed by atoms with Crippen LogP contribution in [-0.4, -0.2) is 21.6 Å². The molecular weight excluding hydrogens is 379 g/mol. The average Bonchev–Trinajstić information content (AvgIpc) is 2.78. The molecule has 0 aliphatic carbocycles. The second-order valence-corrected chi connectivity index (χ2v) is 6.61. The summed E-state index contributed by atoms with van der Waals surface area (Å²) < 4.78 is 106. The van der Waals surface area contributed by atoms with Crippen LogP contribution in [0.1, 0.15) is 16.9 Å². The first kappa shape index (κ1) is 19.6. The molecule has 1 atom stereocenters. The predicted octanol–water partition coefficient (Wildman–Crippen LogP) is 4.79. The summed E-state index contributed by atoms with van der Waals surface area (Å²) >= 11 is -2.55. The van der Waals surface area contributed by atoms with Crippen molar-refractivity contribution in [3.63, 3.8) is 0 Å². The molecule has 0 spiro atoms. The van der Waals surface area contributed by atoms with Gasteiger partial charge in [0.15, 0.2) is 4.90 Å². The Morgan fingerprint density at radius 1 is 1.12 bits per heavy atom. The van der Waals surface area contributed by atoms with Crippen molar-refractivity contribution < 1.29 is 39.8 Å². The topological polar surface area (TPSA) is 49.1 Å². The number of aromatic nitrogens is 1. The Bertz CT molecular complexity index is 783. The molecule has 0 saturated carbocycles. The lowest BCUT2D eigenvalue weighted by Crippen LogP contribution is -2.23. The van der Waals surface area contributed by atoms with Crippen LogP contribution in [0.2, 0.25) is 0 Å². The lowest BCUT2D eigenvalue weighted by Gasteiger charge is -2.15. The van der Waals surface area contributed by atoms with E-state index in [4.69, 9.17) is 0 Å². The third kappa shape index (κ3) is 4.27. The minimum absolute atomic E-state index is 0.0268. The molecule has 1 aromatic carbocycles. The Labute approximate surface area is 140 Å². The monoisotopic (exact) mass is 389 g/mol. The molecule has 1 aromatic heterocycles. The van der Waals surface area contributed by atoms with E-state index in [1.54, 1.807) is 0 Å². The van der Waals surface area contributed by atoms with Crippen LogP contribution in [0.4, 0.5) is 30.7 Å². The van der Waals surface area contributed by atoms with Crippen molar-refractivity contribution in [3.8, 4) is 11.3 Å². The summed E-state index contributed by atoms with van der Waals surface area (Å²) in [5, 5.41) is 3.16. The highest BCUT2D eigenvalue weighted by molar-refractivity contribution is 7.91. The van der Waals surface area contributed by atoms with E-state index in [0.717, 1.165) is 19.1 Å². The highest BCUT2D eigenvalue weighted by atomic mass is 32.2. The fourth-order valence-electron chi connectivity index (χ4n) is 2.16. The second kappa shape index (κ2) is 6.52. The molecule has 0 fully saturated rings. The number of alkyl halides is 6. The van der Waals surface area contributed by atoms with Gasteiger partial charge in [-0.25, -0.2) is 4.39 Å². The van der Waals surface area contributed by atoms with Gasteiger partial charge in [-0.2, -0.15) is 26.3 Å². The summed E-state index contributed by atoms with van der Waals surface area (Å²) in [7, 11) is 0. The Balaban J connectivity index is 2.53. The Kier molecular flexibility index (Phi) is 5.11. The molecule has 0 bridgehead atoms.